The molecule has 0 bridgehead atoms. The highest BCUT2D eigenvalue weighted by Crippen LogP contribution is 2.30. The molecule has 2 rings (SSSR count). The summed E-state index contributed by atoms with van der Waals surface area (Å²) >= 11 is 5.77. The Bertz CT molecular complexity index is 842. The molecule has 0 unspecified atom stereocenters. The van der Waals surface area contributed by atoms with Crippen molar-refractivity contribution < 1.29 is 23.0 Å². The minimum absolute atomic E-state index is 0.0604. The third kappa shape index (κ3) is 4.78. The van der Waals surface area contributed by atoms with Crippen LogP contribution in [0.5, 0.6) is 11.5 Å². The van der Waals surface area contributed by atoms with Crippen LogP contribution >= 0.6 is 11.6 Å². The molecule has 128 valence electrons. The summed E-state index contributed by atoms with van der Waals surface area (Å²) in [5, 5.41) is 9.72. The molecule has 2 aromatic carbocycles. The number of ketones is 1. The van der Waals surface area contributed by atoms with E-state index in [0.717, 1.165) is 0 Å². The van der Waals surface area contributed by atoms with Crippen LogP contribution in [0, 0.1) is 11.3 Å². The highest BCUT2D eigenvalue weighted by molar-refractivity contribution is 6.30. The number of carbonyl (C=O) groups excluding carboxylic acids is 1. The number of Topliss-reactive ketones (excluding diaryl/α,β-unsaturated/α-hetero) is 1. The predicted octanol–water partition coefficient (Wildman–Crippen LogP) is 4.74. The molecule has 0 fully saturated rings. The van der Waals surface area contributed by atoms with Crippen LogP contribution in [0.4, 0.5) is 8.78 Å². The van der Waals surface area contributed by atoms with Gasteiger partial charge in [-0.1, -0.05) is 17.7 Å². The molecule has 0 N–H and O–H groups in total. The number of carbonyl (C=O) groups is 1. The summed E-state index contributed by atoms with van der Waals surface area (Å²) in [5.74, 6) is -0.562. The quantitative estimate of drug-likeness (QED) is 0.422. The number of methoxy groups -OCH3 is 1. The van der Waals surface area contributed by atoms with Gasteiger partial charge in [0.25, 0.3) is 0 Å². The van der Waals surface area contributed by atoms with Crippen LogP contribution in [0.2, 0.25) is 5.02 Å². The Balaban J connectivity index is 2.34. The summed E-state index contributed by atoms with van der Waals surface area (Å²) in [6.07, 6.45) is 1.34. The molecule has 0 aliphatic heterocycles. The normalized spacial score (nSPS) is 11.1. The van der Waals surface area contributed by atoms with Crippen molar-refractivity contribution in [2.45, 2.75) is 6.61 Å². The minimum Gasteiger partial charge on any atom is -0.493 e. The first-order valence-corrected chi connectivity index (χ1v) is 7.37. The van der Waals surface area contributed by atoms with E-state index in [0.29, 0.717) is 16.1 Å². The van der Waals surface area contributed by atoms with Crippen LogP contribution < -0.4 is 9.47 Å². The number of hydrogen-bond donors (Lipinski definition) is 0. The summed E-state index contributed by atoms with van der Waals surface area (Å²) in [6, 6.07) is 12.1. The molecule has 0 aliphatic rings. The lowest BCUT2D eigenvalue weighted by atomic mass is 10.0. The Kier molecular flexibility index (Phi) is 6.09. The van der Waals surface area contributed by atoms with Crippen LogP contribution in [0.1, 0.15) is 15.9 Å². The monoisotopic (exact) mass is 363 g/mol. The molecular weight excluding hydrogens is 352 g/mol. The number of benzene rings is 2. The van der Waals surface area contributed by atoms with Gasteiger partial charge >= 0.3 is 6.61 Å². The second-order valence-corrected chi connectivity index (χ2v) is 5.23. The molecule has 7 heteroatoms. The largest absolute Gasteiger partial charge is 0.493 e. The molecule has 25 heavy (non-hydrogen) atoms. The Morgan fingerprint density at radius 2 is 1.88 bits per heavy atom. The van der Waals surface area contributed by atoms with Gasteiger partial charge in [-0.25, -0.2) is 0 Å². The number of halogens is 3. The first-order valence-electron chi connectivity index (χ1n) is 6.99. The fraction of sp³-hybridized carbons (Fsp3) is 0.111. The van der Waals surface area contributed by atoms with Gasteiger partial charge < -0.3 is 9.47 Å². The smallest absolute Gasteiger partial charge is 0.387 e. The van der Waals surface area contributed by atoms with Crippen molar-refractivity contribution in [3.05, 3.63) is 64.2 Å². The first-order chi connectivity index (χ1) is 11.9. The first kappa shape index (κ1) is 18.4. The molecule has 0 aliphatic carbocycles. The Morgan fingerprint density at radius 3 is 2.44 bits per heavy atom. The van der Waals surface area contributed by atoms with Gasteiger partial charge in [0.05, 0.1) is 7.11 Å². The minimum atomic E-state index is -2.99. The number of alkyl halides is 2. The van der Waals surface area contributed by atoms with Gasteiger partial charge in [-0.3, -0.25) is 4.79 Å². The lowest BCUT2D eigenvalue weighted by Gasteiger charge is -2.10. The van der Waals surface area contributed by atoms with Gasteiger partial charge in [0.2, 0.25) is 5.78 Å². The number of nitrogens with zero attached hydrogens (tertiary/aromatic N) is 1. The number of hydrogen-bond acceptors (Lipinski definition) is 4. The zero-order valence-electron chi connectivity index (χ0n) is 13.0. The summed E-state index contributed by atoms with van der Waals surface area (Å²) in [4.78, 5) is 12.4. The molecule has 4 nitrogen and oxygen atoms in total. The maximum Gasteiger partial charge on any atom is 0.387 e. The third-order valence-corrected chi connectivity index (χ3v) is 3.44. The van der Waals surface area contributed by atoms with Crippen LogP contribution in [0.3, 0.4) is 0 Å². The van der Waals surface area contributed by atoms with Crippen molar-refractivity contribution in [1.29, 1.82) is 5.26 Å². The SMILES string of the molecule is COc1cc(/C=C(\C#N)C(=O)c2ccc(Cl)cc2)ccc1OC(F)F. The topological polar surface area (TPSA) is 59.3 Å². The lowest BCUT2D eigenvalue weighted by Crippen LogP contribution is -2.04. The maximum atomic E-state index is 12.4. The molecule has 0 aromatic heterocycles. The Hall–Kier alpha value is -2.91. The van der Waals surface area contributed by atoms with Crippen molar-refractivity contribution in [2.24, 2.45) is 0 Å². The Labute approximate surface area is 147 Å². The second kappa shape index (κ2) is 8.27. The molecule has 0 radical (unpaired) electrons. The van der Waals surface area contributed by atoms with E-state index in [2.05, 4.69) is 4.74 Å². The van der Waals surface area contributed by atoms with E-state index < -0.39 is 12.4 Å². The zero-order valence-corrected chi connectivity index (χ0v) is 13.8. The van der Waals surface area contributed by atoms with Crippen LogP contribution in [-0.2, 0) is 0 Å². The van der Waals surface area contributed by atoms with Crippen molar-refractivity contribution in [2.75, 3.05) is 7.11 Å². The standard InChI is InChI=1S/C18H12ClF2NO3/c1-24-16-9-11(2-7-15(16)25-18(20)21)8-13(10-22)17(23)12-3-5-14(19)6-4-12/h2-9,18H,1H3/b13-8+. The van der Waals surface area contributed by atoms with E-state index in [9.17, 15) is 18.8 Å². The third-order valence-electron chi connectivity index (χ3n) is 3.19. The number of allylic oxidation sites excluding steroid dienone is 1. The summed E-state index contributed by atoms with van der Waals surface area (Å²) in [7, 11) is 1.30. The van der Waals surface area contributed by atoms with E-state index >= 15 is 0 Å². The maximum absolute atomic E-state index is 12.4. The fourth-order valence-corrected chi connectivity index (χ4v) is 2.17. The van der Waals surface area contributed by atoms with Gasteiger partial charge in [-0.2, -0.15) is 14.0 Å². The number of ether oxygens (including phenoxy) is 2. The molecule has 0 heterocycles. The predicted molar refractivity (Wildman–Crippen MR) is 89.0 cm³/mol. The zero-order chi connectivity index (χ0) is 18.4. The Morgan fingerprint density at radius 1 is 1.20 bits per heavy atom. The lowest BCUT2D eigenvalue weighted by molar-refractivity contribution is -0.0512. The number of rotatable bonds is 6. The molecule has 2 aromatic rings. The van der Waals surface area contributed by atoms with E-state index in [1.165, 1.54) is 43.5 Å². The molecule has 0 amide bonds. The van der Waals surface area contributed by atoms with E-state index in [-0.39, 0.29) is 17.1 Å². The van der Waals surface area contributed by atoms with Crippen molar-refractivity contribution in [1.82, 2.24) is 0 Å². The number of nitriles is 1. The highest BCUT2D eigenvalue weighted by atomic mass is 35.5. The fourth-order valence-electron chi connectivity index (χ4n) is 2.04. The summed E-state index contributed by atoms with van der Waals surface area (Å²) < 4.78 is 34.0. The van der Waals surface area contributed by atoms with E-state index in [1.54, 1.807) is 12.1 Å². The average Bonchev–Trinajstić information content (AvgIpc) is 2.60. The summed E-state index contributed by atoms with van der Waals surface area (Å²) in [5.41, 5.74) is 0.617. The van der Waals surface area contributed by atoms with Crippen LogP contribution in [0.15, 0.2) is 48.0 Å². The van der Waals surface area contributed by atoms with Crippen LogP contribution in [-0.4, -0.2) is 19.5 Å². The van der Waals surface area contributed by atoms with Crippen molar-refractivity contribution in [3.8, 4) is 17.6 Å². The van der Waals surface area contributed by atoms with Gasteiger partial charge in [-0.05, 0) is 48.0 Å². The van der Waals surface area contributed by atoms with Gasteiger partial charge in [0.1, 0.15) is 11.6 Å². The van der Waals surface area contributed by atoms with Crippen LogP contribution in [0.25, 0.3) is 6.08 Å². The highest BCUT2D eigenvalue weighted by Gasteiger charge is 2.14. The van der Waals surface area contributed by atoms with Gasteiger partial charge in [-0.15, -0.1) is 0 Å². The molecule has 0 saturated carbocycles. The van der Waals surface area contributed by atoms with E-state index in [4.69, 9.17) is 16.3 Å². The van der Waals surface area contributed by atoms with Crippen molar-refractivity contribution >= 4 is 23.5 Å². The van der Waals surface area contributed by atoms with Gasteiger partial charge in [0, 0.05) is 10.6 Å². The molecular formula is C18H12ClF2NO3. The average molecular weight is 364 g/mol. The summed E-state index contributed by atoms with van der Waals surface area (Å²) in [6.45, 7) is -2.99. The second-order valence-electron chi connectivity index (χ2n) is 4.79. The molecule has 0 saturated heterocycles. The van der Waals surface area contributed by atoms with Gasteiger partial charge in [0.15, 0.2) is 11.5 Å². The van der Waals surface area contributed by atoms with Crippen molar-refractivity contribution in [3.63, 3.8) is 0 Å². The molecule has 0 atom stereocenters. The molecule has 0 spiro atoms. The van der Waals surface area contributed by atoms with E-state index in [1.807, 2.05) is 6.07 Å².